The lowest BCUT2D eigenvalue weighted by molar-refractivity contribution is -0.384. The van der Waals surface area contributed by atoms with Crippen LogP contribution in [0.25, 0.3) is 0 Å². The van der Waals surface area contributed by atoms with Crippen molar-refractivity contribution in [3.8, 4) is 0 Å². The van der Waals surface area contributed by atoms with Crippen molar-refractivity contribution in [1.82, 2.24) is 0 Å². The Kier molecular flexibility index (Phi) is 5.87. The van der Waals surface area contributed by atoms with E-state index in [0.717, 1.165) is 5.56 Å². The molecule has 0 aromatic heterocycles. The molecule has 0 spiro atoms. The fraction of sp³-hybridized carbons (Fsp3) is 0.100. The molecule has 0 unspecified atom stereocenters. The van der Waals surface area contributed by atoms with Crippen LogP contribution in [0.4, 0.5) is 11.4 Å². The Hall–Kier alpha value is -1.01. The van der Waals surface area contributed by atoms with Crippen molar-refractivity contribution in [2.24, 2.45) is 5.10 Å². The topological polar surface area (TPSA) is 67.5 Å². The van der Waals surface area contributed by atoms with Crippen molar-refractivity contribution in [3.05, 3.63) is 43.4 Å². The van der Waals surface area contributed by atoms with Crippen molar-refractivity contribution in [3.63, 3.8) is 0 Å². The molecule has 0 bridgehead atoms. The van der Waals surface area contributed by atoms with Gasteiger partial charge in [0.15, 0.2) is 5.17 Å². The summed E-state index contributed by atoms with van der Waals surface area (Å²) in [5.41, 5.74) is 3.65. The number of non-ortho nitro benzene ring substituents is 1. The summed E-state index contributed by atoms with van der Waals surface area (Å²) in [6, 6.07) is 4.28. The summed E-state index contributed by atoms with van der Waals surface area (Å²) in [7, 11) is 0. The van der Waals surface area contributed by atoms with E-state index < -0.39 is 4.92 Å². The number of allylic oxidation sites excluding steroid dienone is 1. The van der Waals surface area contributed by atoms with Crippen LogP contribution in [0.15, 0.2) is 32.8 Å². The molecule has 0 heterocycles. The Morgan fingerprint density at radius 2 is 1.95 bits per heavy atom. The zero-order chi connectivity index (χ0) is 14.6. The SMILES string of the molecule is Cc1ccc([N+](=O)[O-])cc1N/N=C(\Cl)C(Cl)=C(Cl)Cl. The summed E-state index contributed by atoms with van der Waals surface area (Å²) in [4.78, 5) is 10.1. The van der Waals surface area contributed by atoms with E-state index in [1.807, 2.05) is 0 Å². The lowest BCUT2D eigenvalue weighted by Crippen LogP contribution is -1.98. The zero-order valence-electron chi connectivity index (χ0n) is 9.45. The predicted molar refractivity (Wildman–Crippen MR) is 79.3 cm³/mol. The summed E-state index contributed by atoms with van der Waals surface area (Å²) >= 11 is 22.3. The third-order valence-corrected chi connectivity index (χ3v) is 3.36. The average molecular weight is 343 g/mol. The van der Waals surface area contributed by atoms with E-state index in [4.69, 9.17) is 46.4 Å². The molecule has 0 aliphatic carbocycles. The highest BCUT2D eigenvalue weighted by Crippen LogP contribution is 2.24. The Morgan fingerprint density at radius 1 is 1.32 bits per heavy atom. The van der Waals surface area contributed by atoms with E-state index in [1.165, 1.54) is 12.1 Å². The number of hydrogen-bond donors (Lipinski definition) is 1. The second kappa shape index (κ2) is 6.96. The van der Waals surface area contributed by atoms with Gasteiger partial charge in [0.1, 0.15) is 9.52 Å². The lowest BCUT2D eigenvalue weighted by atomic mass is 10.2. The summed E-state index contributed by atoms with van der Waals surface area (Å²) in [6.07, 6.45) is 0. The van der Waals surface area contributed by atoms with Gasteiger partial charge in [-0.25, -0.2) is 0 Å². The molecule has 0 atom stereocenters. The van der Waals surface area contributed by atoms with Gasteiger partial charge in [-0.2, -0.15) is 5.10 Å². The summed E-state index contributed by atoms with van der Waals surface area (Å²) in [5.74, 6) is 0. The Labute approximate surface area is 128 Å². The van der Waals surface area contributed by atoms with Gasteiger partial charge in [-0.15, -0.1) is 0 Å². The Morgan fingerprint density at radius 3 is 2.47 bits per heavy atom. The first-order valence-electron chi connectivity index (χ1n) is 4.78. The first-order valence-corrected chi connectivity index (χ1v) is 6.29. The standard InChI is InChI=1S/C10H7Cl4N3O2/c1-5-2-3-6(17(18)19)4-7(5)15-16-10(14)8(11)9(12)13/h2-4,15H,1H3/b16-10-. The van der Waals surface area contributed by atoms with Crippen LogP contribution in [-0.4, -0.2) is 10.1 Å². The fourth-order valence-corrected chi connectivity index (χ4v) is 1.54. The number of aryl methyl sites for hydroxylation is 1. The minimum absolute atomic E-state index is 0.0727. The van der Waals surface area contributed by atoms with Crippen LogP contribution in [0, 0.1) is 17.0 Å². The van der Waals surface area contributed by atoms with Gasteiger partial charge in [0.2, 0.25) is 0 Å². The van der Waals surface area contributed by atoms with E-state index in [0.29, 0.717) is 5.69 Å². The molecule has 0 aliphatic rings. The number of nitrogens with zero attached hydrogens (tertiary/aromatic N) is 2. The van der Waals surface area contributed by atoms with E-state index in [1.54, 1.807) is 13.0 Å². The largest absolute Gasteiger partial charge is 0.276 e. The van der Waals surface area contributed by atoms with Crippen LogP contribution >= 0.6 is 46.4 Å². The third kappa shape index (κ3) is 4.54. The summed E-state index contributed by atoms with van der Waals surface area (Å²) in [5, 5.41) is 14.1. The van der Waals surface area contributed by atoms with Gasteiger partial charge in [-0.1, -0.05) is 52.5 Å². The number of nitro benzene ring substituents is 1. The molecule has 102 valence electrons. The first-order chi connectivity index (χ1) is 8.82. The number of benzene rings is 1. The van der Waals surface area contributed by atoms with Crippen molar-refractivity contribution in [1.29, 1.82) is 0 Å². The molecule has 1 aromatic rings. The third-order valence-electron chi connectivity index (χ3n) is 2.05. The molecular formula is C10H7Cl4N3O2. The maximum atomic E-state index is 10.7. The van der Waals surface area contributed by atoms with Crippen LogP contribution in [0.2, 0.25) is 0 Å². The number of hydrazone groups is 1. The van der Waals surface area contributed by atoms with Gasteiger partial charge >= 0.3 is 0 Å². The highest BCUT2D eigenvalue weighted by molar-refractivity contribution is 6.79. The van der Waals surface area contributed by atoms with Gasteiger partial charge in [-0.05, 0) is 12.5 Å². The maximum absolute atomic E-state index is 10.7. The van der Waals surface area contributed by atoms with Gasteiger partial charge in [0.25, 0.3) is 5.69 Å². The van der Waals surface area contributed by atoms with Crippen LogP contribution in [0.3, 0.4) is 0 Å². The highest BCUT2D eigenvalue weighted by atomic mass is 35.5. The monoisotopic (exact) mass is 341 g/mol. The van der Waals surface area contributed by atoms with E-state index in [9.17, 15) is 10.1 Å². The zero-order valence-corrected chi connectivity index (χ0v) is 12.5. The maximum Gasteiger partial charge on any atom is 0.271 e. The molecule has 0 saturated carbocycles. The molecule has 0 fully saturated rings. The summed E-state index contributed by atoms with van der Waals surface area (Å²) < 4.78 is -0.229. The molecule has 19 heavy (non-hydrogen) atoms. The molecule has 1 aromatic carbocycles. The number of nitrogens with one attached hydrogen (secondary N) is 1. The lowest BCUT2D eigenvalue weighted by Gasteiger charge is -2.05. The van der Waals surface area contributed by atoms with Crippen molar-refractivity contribution < 1.29 is 4.92 Å². The smallest absolute Gasteiger partial charge is 0.271 e. The molecule has 1 rings (SSSR count). The molecule has 0 radical (unpaired) electrons. The second-order valence-electron chi connectivity index (χ2n) is 3.35. The van der Waals surface area contributed by atoms with E-state index in [2.05, 4.69) is 10.5 Å². The van der Waals surface area contributed by atoms with Crippen molar-refractivity contribution in [2.45, 2.75) is 6.92 Å². The first kappa shape index (κ1) is 16.0. The molecule has 1 N–H and O–H groups in total. The summed E-state index contributed by atoms with van der Waals surface area (Å²) in [6.45, 7) is 1.75. The molecule has 9 heteroatoms. The predicted octanol–water partition coefficient (Wildman–Crippen LogP) is 4.75. The van der Waals surface area contributed by atoms with Crippen LogP contribution in [0.5, 0.6) is 0 Å². The van der Waals surface area contributed by atoms with Gasteiger partial charge < -0.3 is 0 Å². The normalized spacial score (nSPS) is 11.1. The second-order valence-corrected chi connectivity index (χ2v) is 5.03. The Bertz CT molecular complexity index is 568. The molecule has 0 saturated heterocycles. The molecule has 0 aliphatic heterocycles. The fourth-order valence-electron chi connectivity index (χ4n) is 1.08. The molecule has 5 nitrogen and oxygen atoms in total. The number of nitro groups is 1. The quantitative estimate of drug-likeness (QED) is 0.487. The van der Waals surface area contributed by atoms with Crippen LogP contribution < -0.4 is 5.43 Å². The van der Waals surface area contributed by atoms with Gasteiger partial charge in [-0.3, -0.25) is 15.5 Å². The number of rotatable bonds is 4. The molecule has 0 amide bonds. The van der Waals surface area contributed by atoms with Gasteiger partial charge in [0.05, 0.1) is 10.6 Å². The van der Waals surface area contributed by atoms with E-state index in [-0.39, 0.29) is 20.4 Å². The molecular weight excluding hydrogens is 336 g/mol. The highest BCUT2D eigenvalue weighted by Gasteiger charge is 2.09. The number of anilines is 1. The van der Waals surface area contributed by atoms with Gasteiger partial charge in [0, 0.05) is 12.1 Å². The van der Waals surface area contributed by atoms with Crippen molar-refractivity contribution in [2.75, 3.05) is 5.43 Å². The van der Waals surface area contributed by atoms with Crippen LogP contribution in [-0.2, 0) is 0 Å². The average Bonchev–Trinajstić information content (AvgIpc) is 2.35. The Balaban J connectivity index is 3.01. The number of halogens is 4. The van der Waals surface area contributed by atoms with Crippen LogP contribution in [0.1, 0.15) is 5.56 Å². The van der Waals surface area contributed by atoms with Crippen molar-refractivity contribution >= 4 is 62.9 Å². The minimum atomic E-state index is -0.515. The van der Waals surface area contributed by atoms with E-state index >= 15 is 0 Å². The minimum Gasteiger partial charge on any atom is -0.276 e. The number of hydrogen-bond acceptors (Lipinski definition) is 4.